The lowest BCUT2D eigenvalue weighted by atomic mass is 9.96. The zero-order chi connectivity index (χ0) is 24.7. The highest BCUT2D eigenvalue weighted by molar-refractivity contribution is 5.95. The number of hydrazine groups is 1. The van der Waals surface area contributed by atoms with Crippen molar-refractivity contribution in [3.63, 3.8) is 0 Å². The molecule has 4 rings (SSSR count). The number of hydrogen-bond donors (Lipinski definition) is 3. The third-order valence-corrected chi connectivity index (χ3v) is 6.17. The molecule has 0 bridgehead atoms. The van der Waals surface area contributed by atoms with Crippen LogP contribution in [0.1, 0.15) is 43.4 Å². The third kappa shape index (κ3) is 4.71. The first kappa shape index (κ1) is 24.0. The summed E-state index contributed by atoms with van der Waals surface area (Å²) in [6.45, 7) is 1.25. The van der Waals surface area contributed by atoms with Crippen molar-refractivity contribution in [1.82, 2.24) is 9.99 Å². The Bertz CT molecular complexity index is 1220. The highest BCUT2D eigenvalue weighted by Crippen LogP contribution is 2.42. The summed E-state index contributed by atoms with van der Waals surface area (Å²) in [6.07, 6.45) is -2.55. The molecule has 5 nitrogen and oxygen atoms in total. The summed E-state index contributed by atoms with van der Waals surface area (Å²) in [6, 6.07) is 13.8. The van der Waals surface area contributed by atoms with Crippen molar-refractivity contribution >= 4 is 10.9 Å². The van der Waals surface area contributed by atoms with Crippen LogP contribution in [0.2, 0.25) is 0 Å². The summed E-state index contributed by atoms with van der Waals surface area (Å²) in [4.78, 5) is 4.79. The van der Waals surface area contributed by atoms with Gasteiger partial charge >= 0.3 is 6.18 Å². The largest absolute Gasteiger partial charge is 0.422 e. The summed E-state index contributed by atoms with van der Waals surface area (Å²) in [7, 11) is 0. The van der Waals surface area contributed by atoms with E-state index in [1.807, 2.05) is 18.2 Å². The van der Waals surface area contributed by atoms with Crippen LogP contribution < -0.4 is 11.6 Å². The van der Waals surface area contributed by atoms with Crippen LogP contribution >= 0.6 is 0 Å². The van der Waals surface area contributed by atoms with Crippen LogP contribution in [0.3, 0.4) is 0 Å². The van der Waals surface area contributed by atoms with Crippen molar-refractivity contribution in [3.05, 3.63) is 77.5 Å². The monoisotopic (exact) mass is 474 g/mol. The molecule has 0 spiro atoms. The number of aliphatic hydroxyl groups is 1. The normalized spacial score (nSPS) is 16.5. The van der Waals surface area contributed by atoms with E-state index in [9.17, 15) is 22.7 Å². The second kappa shape index (κ2) is 8.88. The number of aromatic nitrogens is 1. The highest BCUT2D eigenvalue weighted by atomic mass is 19.4. The molecule has 1 fully saturated rings. The molecule has 0 saturated heterocycles. The maximum Gasteiger partial charge on any atom is 0.422 e. The molecule has 34 heavy (non-hydrogen) atoms. The molecule has 2 aromatic carbocycles. The van der Waals surface area contributed by atoms with Gasteiger partial charge in [0.15, 0.2) is 0 Å². The van der Waals surface area contributed by atoms with Gasteiger partial charge in [0.2, 0.25) is 5.60 Å². The highest BCUT2D eigenvalue weighted by Gasteiger charge is 2.54. The van der Waals surface area contributed by atoms with E-state index in [1.165, 1.54) is 19.1 Å². The lowest BCUT2D eigenvalue weighted by Crippen LogP contribution is -2.49. The number of nitrogens with two attached hydrogens (primary N) is 2. The number of pyridine rings is 1. The van der Waals surface area contributed by atoms with Crippen molar-refractivity contribution in [2.75, 3.05) is 0 Å². The molecule has 1 atom stereocenters. The van der Waals surface area contributed by atoms with Gasteiger partial charge in [0.25, 0.3) is 0 Å². The molecule has 1 unspecified atom stereocenters. The van der Waals surface area contributed by atoms with Gasteiger partial charge in [-0.2, -0.15) is 13.2 Å². The molecule has 5 N–H and O–H groups in total. The lowest BCUT2D eigenvalue weighted by molar-refractivity contribution is -0.245. The van der Waals surface area contributed by atoms with Crippen molar-refractivity contribution in [2.24, 2.45) is 11.6 Å². The molecular weight excluding hydrogens is 448 g/mol. The van der Waals surface area contributed by atoms with Crippen LogP contribution in [-0.4, -0.2) is 26.9 Å². The second-order valence-corrected chi connectivity index (χ2v) is 8.70. The standard InChI is InChI=1S/C25H26F4N4O/c1-2-24(34,25(27,28)29)23(30)14-33(31)13-15-3-10-19-20(16-6-8-18(26)9-7-16)12-21(17-4-5-17)32-22(19)11-15/h3,6-12,14,17,34H,2,4-5,13,30-31H2,1H3/b23-14-. The van der Waals surface area contributed by atoms with E-state index in [0.29, 0.717) is 17.0 Å². The Morgan fingerprint density at radius 2 is 1.82 bits per heavy atom. The van der Waals surface area contributed by atoms with E-state index in [-0.39, 0.29) is 12.4 Å². The van der Waals surface area contributed by atoms with Crippen molar-refractivity contribution in [2.45, 2.75) is 50.4 Å². The van der Waals surface area contributed by atoms with E-state index >= 15 is 0 Å². The molecule has 1 saturated carbocycles. The summed E-state index contributed by atoms with van der Waals surface area (Å²) in [5, 5.41) is 11.9. The van der Waals surface area contributed by atoms with E-state index in [2.05, 4.69) is 0 Å². The Morgan fingerprint density at radius 3 is 2.41 bits per heavy atom. The van der Waals surface area contributed by atoms with Crippen LogP contribution in [0.15, 0.2) is 60.4 Å². The molecule has 9 heteroatoms. The van der Waals surface area contributed by atoms with Gasteiger partial charge in [-0.15, -0.1) is 0 Å². The van der Waals surface area contributed by atoms with Gasteiger partial charge < -0.3 is 15.8 Å². The smallest absolute Gasteiger partial charge is 0.398 e. The summed E-state index contributed by atoms with van der Waals surface area (Å²) >= 11 is 0. The lowest BCUT2D eigenvalue weighted by Gasteiger charge is -2.30. The van der Waals surface area contributed by atoms with Crippen molar-refractivity contribution in [1.29, 1.82) is 0 Å². The summed E-state index contributed by atoms with van der Waals surface area (Å²) < 4.78 is 53.2. The summed E-state index contributed by atoms with van der Waals surface area (Å²) in [5.74, 6) is 5.98. The number of halogens is 4. The SMILES string of the molecule is CCC(O)(/C(N)=C/N(N)Cc1ccc2c(-c3ccc(F)cc3)cc(C3CC3)nc2c1)C(F)(F)F. The Labute approximate surface area is 194 Å². The Balaban J connectivity index is 1.66. The number of benzene rings is 2. The number of rotatable bonds is 7. The molecule has 1 heterocycles. The van der Waals surface area contributed by atoms with Crippen LogP contribution in [0, 0.1) is 5.82 Å². The average molecular weight is 475 g/mol. The van der Waals surface area contributed by atoms with Gasteiger partial charge in [-0.25, -0.2) is 10.2 Å². The van der Waals surface area contributed by atoms with Crippen molar-refractivity contribution < 1.29 is 22.7 Å². The number of fused-ring (bicyclic) bond motifs is 1. The van der Waals surface area contributed by atoms with E-state index in [4.69, 9.17) is 16.6 Å². The van der Waals surface area contributed by atoms with E-state index in [1.54, 1.807) is 18.2 Å². The molecule has 1 aliphatic rings. The third-order valence-electron chi connectivity index (χ3n) is 6.17. The van der Waals surface area contributed by atoms with Gasteiger partial charge in [0, 0.05) is 23.2 Å². The van der Waals surface area contributed by atoms with Gasteiger partial charge in [-0.3, -0.25) is 4.98 Å². The maximum absolute atomic E-state index is 13.4. The van der Waals surface area contributed by atoms with Crippen molar-refractivity contribution in [3.8, 4) is 11.1 Å². The molecule has 0 amide bonds. The fraction of sp³-hybridized carbons (Fsp3) is 0.320. The fourth-order valence-corrected chi connectivity index (χ4v) is 3.96. The molecule has 3 aromatic rings. The Hall–Kier alpha value is -3.17. The van der Waals surface area contributed by atoms with Gasteiger partial charge in [-0.1, -0.05) is 31.2 Å². The maximum atomic E-state index is 13.4. The quantitative estimate of drug-likeness (QED) is 0.252. The van der Waals surface area contributed by atoms with E-state index in [0.717, 1.165) is 46.3 Å². The van der Waals surface area contributed by atoms with Crippen LogP contribution in [-0.2, 0) is 6.54 Å². The molecular formula is C25H26F4N4O. The first-order valence-corrected chi connectivity index (χ1v) is 11.0. The topological polar surface area (TPSA) is 88.4 Å². The predicted octanol–water partition coefficient (Wildman–Crippen LogP) is 5.10. The molecule has 0 radical (unpaired) electrons. The van der Waals surface area contributed by atoms with Crippen LogP contribution in [0.4, 0.5) is 17.6 Å². The zero-order valence-electron chi connectivity index (χ0n) is 18.6. The predicted molar refractivity (Wildman–Crippen MR) is 122 cm³/mol. The second-order valence-electron chi connectivity index (χ2n) is 8.70. The fourth-order valence-electron chi connectivity index (χ4n) is 3.96. The first-order chi connectivity index (χ1) is 16.0. The van der Waals surface area contributed by atoms with E-state index < -0.39 is 23.9 Å². The minimum absolute atomic E-state index is 0.0511. The van der Waals surface area contributed by atoms with Crippen LogP contribution in [0.5, 0.6) is 0 Å². The zero-order valence-corrected chi connectivity index (χ0v) is 18.6. The van der Waals surface area contributed by atoms with Gasteiger partial charge in [0.1, 0.15) is 5.82 Å². The first-order valence-electron chi connectivity index (χ1n) is 11.0. The molecule has 1 aliphatic carbocycles. The number of alkyl halides is 3. The number of nitrogens with zero attached hydrogens (tertiary/aromatic N) is 2. The molecule has 0 aliphatic heterocycles. The molecule has 180 valence electrons. The minimum atomic E-state index is -4.92. The van der Waals surface area contributed by atoms with Gasteiger partial charge in [-0.05, 0) is 60.2 Å². The van der Waals surface area contributed by atoms with Crippen LogP contribution in [0.25, 0.3) is 22.0 Å². The Kier molecular flexibility index (Phi) is 6.26. The van der Waals surface area contributed by atoms with Gasteiger partial charge in [0.05, 0.1) is 17.8 Å². The Morgan fingerprint density at radius 1 is 1.15 bits per heavy atom. The number of hydrogen-bond acceptors (Lipinski definition) is 5. The summed E-state index contributed by atoms with van der Waals surface area (Å²) in [5.41, 5.74) is 5.82. The minimum Gasteiger partial charge on any atom is -0.398 e. The molecule has 1 aromatic heterocycles. The average Bonchev–Trinajstić information content (AvgIpc) is 3.62.